The molecule has 0 spiro atoms. The fraction of sp³-hybridized carbons (Fsp3) is 0.588. The molecule has 0 aliphatic carbocycles. The molecule has 0 bridgehead atoms. The summed E-state index contributed by atoms with van der Waals surface area (Å²) in [6.07, 6.45) is 4.29. The van der Waals surface area contributed by atoms with Gasteiger partial charge in [-0.2, -0.15) is 0 Å². The first-order valence-electron chi connectivity index (χ1n) is 8.19. The zero-order valence-electron chi connectivity index (χ0n) is 13.4. The second-order valence-corrected chi connectivity index (χ2v) is 5.95. The number of nitrogens with two attached hydrogens (primary N) is 1. The molecular weight excluding hydrogens is 278 g/mol. The largest absolute Gasteiger partial charge is 0.449 e. The number of para-hydroxylation sites is 2. The summed E-state index contributed by atoms with van der Waals surface area (Å²) < 4.78 is 5.33. The summed E-state index contributed by atoms with van der Waals surface area (Å²) in [7, 11) is 0. The number of carbonyl (C=O) groups excluding carboxylic acids is 1. The molecule has 5 heteroatoms. The summed E-state index contributed by atoms with van der Waals surface area (Å²) in [5.41, 5.74) is 6.93. The Morgan fingerprint density at radius 1 is 1.36 bits per heavy atom. The van der Waals surface area contributed by atoms with Gasteiger partial charge in [0.1, 0.15) is 0 Å². The Hall–Kier alpha value is -1.75. The lowest BCUT2D eigenvalue weighted by Gasteiger charge is -2.31. The van der Waals surface area contributed by atoms with Crippen LogP contribution in [-0.2, 0) is 4.74 Å². The van der Waals surface area contributed by atoms with Crippen LogP contribution in [0, 0.1) is 5.92 Å². The molecule has 1 aliphatic heterocycles. The van der Waals surface area contributed by atoms with Gasteiger partial charge in [-0.05, 0) is 56.9 Å². The SMILES string of the molecule is CCCCN1CCC(COC(=O)Nc2ccccc2N)CC1. The summed E-state index contributed by atoms with van der Waals surface area (Å²) in [5, 5.41) is 2.69. The van der Waals surface area contributed by atoms with Crippen molar-refractivity contribution >= 4 is 17.5 Å². The van der Waals surface area contributed by atoms with Crippen LogP contribution < -0.4 is 11.1 Å². The lowest BCUT2D eigenvalue weighted by atomic mass is 9.98. The molecule has 1 saturated heterocycles. The minimum Gasteiger partial charge on any atom is -0.449 e. The average molecular weight is 305 g/mol. The van der Waals surface area contributed by atoms with Crippen molar-refractivity contribution in [2.75, 3.05) is 37.3 Å². The Morgan fingerprint density at radius 2 is 2.09 bits per heavy atom. The number of likely N-dealkylation sites (tertiary alicyclic amines) is 1. The molecule has 1 aromatic rings. The fourth-order valence-corrected chi connectivity index (χ4v) is 2.71. The third-order valence-corrected chi connectivity index (χ3v) is 4.18. The summed E-state index contributed by atoms with van der Waals surface area (Å²) in [6.45, 7) is 6.12. The minimum absolute atomic E-state index is 0.425. The first-order chi connectivity index (χ1) is 10.7. The highest BCUT2D eigenvalue weighted by atomic mass is 16.5. The van der Waals surface area contributed by atoms with Crippen LogP contribution in [0.5, 0.6) is 0 Å². The molecule has 0 unspecified atom stereocenters. The van der Waals surface area contributed by atoms with Crippen molar-refractivity contribution in [1.29, 1.82) is 0 Å². The van der Waals surface area contributed by atoms with Crippen molar-refractivity contribution in [3.05, 3.63) is 24.3 Å². The van der Waals surface area contributed by atoms with Gasteiger partial charge in [-0.3, -0.25) is 5.32 Å². The third kappa shape index (κ3) is 5.22. The van der Waals surface area contributed by atoms with Crippen LogP contribution in [0.3, 0.4) is 0 Å². The molecule has 2 rings (SSSR count). The molecular formula is C17H27N3O2. The van der Waals surface area contributed by atoms with Gasteiger partial charge in [0.05, 0.1) is 18.0 Å². The number of unbranched alkanes of at least 4 members (excludes halogenated alkanes) is 1. The maximum atomic E-state index is 11.8. The maximum Gasteiger partial charge on any atom is 0.411 e. The Bertz CT molecular complexity index is 471. The third-order valence-electron chi connectivity index (χ3n) is 4.18. The van der Waals surface area contributed by atoms with Crippen molar-refractivity contribution in [3.8, 4) is 0 Å². The minimum atomic E-state index is -0.425. The quantitative estimate of drug-likeness (QED) is 0.791. The summed E-state index contributed by atoms with van der Waals surface area (Å²) in [4.78, 5) is 14.3. The number of ether oxygens (including phenoxy) is 1. The van der Waals surface area contributed by atoms with E-state index in [1.165, 1.54) is 19.4 Å². The number of piperidine rings is 1. The molecule has 22 heavy (non-hydrogen) atoms. The Labute approximate surface area is 132 Å². The second kappa shape index (κ2) is 8.63. The van der Waals surface area contributed by atoms with Crippen LogP contribution >= 0.6 is 0 Å². The van der Waals surface area contributed by atoms with Crippen LogP contribution in [0.2, 0.25) is 0 Å². The molecule has 1 heterocycles. The van der Waals surface area contributed by atoms with Gasteiger partial charge in [0.2, 0.25) is 0 Å². The van der Waals surface area contributed by atoms with E-state index in [0.29, 0.717) is 23.9 Å². The molecule has 1 aromatic carbocycles. The number of hydrogen-bond acceptors (Lipinski definition) is 4. The molecule has 5 nitrogen and oxygen atoms in total. The average Bonchev–Trinajstić information content (AvgIpc) is 2.54. The van der Waals surface area contributed by atoms with E-state index in [9.17, 15) is 4.79 Å². The number of nitrogens with zero attached hydrogens (tertiary/aromatic N) is 1. The van der Waals surface area contributed by atoms with Crippen molar-refractivity contribution < 1.29 is 9.53 Å². The number of carbonyl (C=O) groups is 1. The van der Waals surface area contributed by atoms with E-state index in [4.69, 9.17) is 10.5 Å². The summed E-state index contributed by atoms with van der Waals surface area (Å²) >= 11 is 0. The predicted molar refractivity (Wildman–Crippen MR) is 89.9 cm³/mol. The predicted octanol–water partition coefficient (Wildman–Crippen LogP) is 3.33. The van der Waals surface area contributed by atoms with Crippen molar-refractivity contribution in [2.45, 2.75) is 32.6 Å². The zero-order valence-corrected chi connectivity index (χ0v) is 13.4. The van der Waals surface area contributed by atoms with Crippen molar-refractivity contribution in [2.24, 2.45) is 5.92 Å². The first kappa shape index (κ1) is 16.6. The number of hydrogen-bond donors (Lipinski definition) is 2. The van der Waals surface area contributed by atoms with E-state index >= 15 is 0 Å². The number of nitrogens with one attached hydrogen (secondary N) is 1. The molecule has 3 N–H and O–H groups in total. The molecule has 0 radical (unpaired) electrons. The van der Waals surface area contributed by atoms with Gasteiger partial charge in [0.15, 0.2) is 0 Å². The summed E-state index contributed by atoms with van der Waals surface area (Å²) in [5.74, 6) is 0.469. The van der Waals surface area contributed by atoms with E-state index in [0.717, 1.165) is 25.9 Å². The van der Waals surface area contributed by atoms with Gasteiger partial charge in [0, 0.05) is 0 Å². The molecule has 1 aliphatic rings. The van der Waals surface area contributed by atoms with Crippen LogP contribution in [0.15, 0.2) is 24.3 Å². The highest BCUT2D eigenvalue weighted by molar-refractivity contribution is 5.88. The zero-order chi connectivity index (χ0) is 15.8. The molecule has 0 saturated carbocycles. The normalized spacial score (nSPS) is 16.4. The number of anilines is 2. The Balaban J connectivity index is 1.66. The van der Waals surface area contributed by atoms with E-state index in [1.807, 2.05) is 12.1 Å². The van der Waals surface area contributed by atoms with Crippen molar-refractivity contribution in [3.63, 3.8) is 0 Å². The van der Waals surface area contributed by atoms with Gasteiger partial charge in [0.25, 0.3) is 0 Å². The molecule has 1 fully saturated rings. The number of nitrogen functional groups attached to an aromatic ring is 1. The van der Waals surface area contributed by atoms with Gasteiger partial charge < -0.3 is 15.4 Å². The van der Waals surface area contributed by atoms with Gasteiger partial charge in [-0.15, -0.1) is 0 Å². The molecule has 0 aromatic heterocycles. The van der Waals surface area contributed by atoms with Crippen molar-refractivity contribution in [1.82, 2.24) is 4.90 Å². The Morgan fingerprint density at radius 3 is 2.77 bits per heavy atom. The number of benzene rings is 1. The van der Waals surface area contributed by atoms with E-state index in [1.54, 1.807) is 12.1 Å². The van der Waals surface area contributed by atoms with Gasteiger partial charge in [-0.25, -0.2) is 4.79 Å². The van der Waals surface area contributed by atoms with Crippen LogP contribution in [-0.4, -0.2) is 37.2 Å². The maximum absolute atomic E-state index is 11.8. The monoisotopic (exact) mass is 305 g/mol. The van der Waals surface area contributed by atoms with Crippen LogP contribution in [0.25, 0.3) is 0 Å². The lowest BCUT2D eigenvalue weighted by molar-refractivity contribution is 0.104. The molecule has 0 atom stereocenters. The van der Waals surface area contributed by atoms with Gasteiger partial charge in [-0.1, -0.05) is 25.5 Å². The number of rotatable bonds is 6. The highest BCUT2D eigenvalue weighted by Gasteiger charge is 2.20. The van der Waals surface area contributed by atoms with E-state index in [2.05, 4.69) is 17.1 Å². The highest BCUT2D eigenvalue weighted by Crippen LogP contribution is 2.19. The number of amides is 1. The Kier molecular flexibility index (Phi) is 6.52. The van der Waals surface area contributed by atoms with E-state index < -0.39 is 6.09 Å². The standard InChI is InChI=1S/C17H27N3O2/c1-2-3-10-20-11-8-14(9-12-20)13-22-17(21)19-16-7-5-4-6-15(16)18/h4-7,14H,2-3,8-13,18H2,1H3,(H,19,21). The first-order valence-corrected chi connectivity index (χ1v) is 8.19. The molecule has 122 valence electrons. The van der Waals surface area contributed by atoms with Gasteiger partial charge >= 0.3 is 6.09 Å². The topological polar surface area (TPSA) is 67.6 Å². The smallest absolute Gasteiger partial charge is 0.411 e. The van der Waals surface area contributed by atoms with Crippen LogP contribution in [0.4, 0.5) is 16.2 Å². The fourth-order valence-electron chi connectivity index (χ4n) is 2.71. The molecule has 1 amide bonds. The van der Waals surface area contributed by atoms with E-state index in [-0.39, 0.29) is 0 Å². The van der Waals surface area contributed by atoms with Crippen LogP contribution in [0.1, 0.15) is 32.6 Å². The summed E-state index contributed by atoms with van der Waals surface area (Å²) in [6, 6.07) is 7.18. The second-order valence-electron chi connectivity index (χ2n) is 5.95. The lowest BCUT2D eigenvalue weighted by Crippen LogP contribution is -2.36.